The van der Waals surface area contributed by atoms with E-state index >= 15 is 0 Å². The molecule has 0 aliphatic rings. The van der Waals surface area contributed by atoms with Gasteiger partial charge < -0.3 is 11.5 Å². The minimum Gasteiger partial charge on any atom is -1.00 e. The molecule has 3 rings (SSSR count). The van der Waals surface area contributed by atoms with Crippen LogP contribution in [-0.2, 0) is 0 Å². The molecule has 0 unspecified atom stereocenters. The van der Waals surface area contributed by atoms with Crippen molar-refractivity contribution in [2.45, 2.75) is 0 Å². The van der Waals surface area contributed by atoms with E-state index in [2.05, 4.69) is 19.9 Å². The number of aromatic amines is 1. The summed E-state index contributed by atoms with van der Waals surface area (Å²) in [6.45, 7) is 0. The van der Waals surface area contributed by atoms with E-state index in [0.29, 0.717) is 5.65 Å². The molecule has 0 saturated carbocycles. The SMILES string of the molecule is Oc1ccc(-c2ncnc3nc[nH]c23)cc1.[H-].[Na+]. The quantitative estimate of drug-likeness (QED) is 0.523. The molecule has 0 radical (unpaired) electrons. The molecule has 0 saturated heterocycles. The summed E-state index contributed by atoms with van der Waals surface area (Å²) < 4.78 is 0. The van der Waals surface area contributed by atoms with Crippen molar-refractivity contribution in [2.24, 2.45) is 0 Å². The van der Waals surface area contributed by atoms with Crippen LogP contribution in [0.2, 0.25) is 0 Å². The Morgan fingerprint density at radius 1 is 1.06 bits per heavy atom. The summed E-state index contributed by atoms with van der Waals surface area (Å²) in [5.74, 6) is 0.235. The Kier molecular flexibility index (Phi) is 3.42. The molecule has 0 aliphatic carbocycles. The van der Waals surface area contributed by atoms with Crippen LogP contribution in [-0.4, -0.2) is 25.0 Å². The summed E-state index contributed by atoms with van der Waals surface area (Å²) in [6.07, 6.45) is 3.06. The van der Waals surface area contributed by atoms with E-state index in [-0.39, 0.29) is 36.7 Å². The van der Waals surface area contributed by atoms with Crippen molar-refractivity contribution in [3.05, 3.63) is 36.9 Å². The standard InChI is InChI=1S/C11H8N4O.Na.H/c16-8-3-1-7(2-4-8)9-10-11(14-5-12-9)15-6-13-10;;/h1-6,16H,(H,12,13,14,15);;/q;+1;-1. The second-order valence-electron chi connectivity index (χ2n) is 3.37. The fourth-order valence-electron chi connectivity index (χ4n) is 1.60. The van der Waals surface area contributed by atoms with Crippen LogP contribution in [0.5, 0.6) is 5.75 Å². The number of nitrogens with zero attached hydrogens (tertiary/aromatic N) is 3. The number of H-pyrrole nitrogens is 1. The Morgan fingerprint density at radius 3 is 2.59 bits per heavy atom. The zero-order valence-electron chi connectivity index (χ0n) is 10.3. The normalized spacial score (nSPS) is 10.1. The predicted molar refractivity (Wildman–Crippen MR) is 59.9 cm³/mol. The first-order chi connectivity index (χ1) is 7.84. The number of benzene rings is 1. The molecular formula is C11H9N4NaO. The molecule has 0 bridgehead atoms. The number of phenols is 1. The number of aromatic nitrogens is 4. The van der Waals surface area contributed by atoms with Gasteiger partial charge in [0.1, 0.15) is 17.6 Å². The molecule has 2 N–H and O–H groups in total. The van der Waals surface area contributed by atoms with Gasteiger partial charge in [-0.2, -0.15) is 0 Å². The van der Waals surface area contributed by atoms with Crippen LogP contribution < -0.4 is 29.6 Å². The number of hydrogen-bond acceptors (Lipinski definition) is 4. The summed E-state index contributed by atoms with van der Waals surface area (Å²) in [6, 6.07) is 6.86. The molecule has 5 nitrogen and oxygen atoms in total. The van der Waals surface area contributed by atoms with Crippen molar-refractivity contribution >= 4 is 11.2 Å². The topological polar surface area (TPSA) is 74.7 Å². The van der Waals surface area contributed by atoms with Gasteiger partial charge in [-0.3, -0.25) is 0 Å². The molecule has 0 fully saturated rings. The van der Waals surface area contributed by atoms with Gasteiger partial charge in [-0.1, -0.05) is 0 Å². The van der Waals surface area contributed by atoms with Crippen LogP contribution in [0.25, 0.3) is 22.4 Å². The van der Waals surface area contributed by atoms with Crippen molar-refractivity contribution in [2.75, 3.05) is 0 Å². The Balaban J connectivity index is 0.000000810. The van der Waals surface area contributed by atoms with E-state index in [1.807, 2.05) is 0 Å². The average molecular weight is 236 g/mol. The first-order valence-electron chi connectivity index (χ1n) is 4.78. The molecule has 0 aliphatic heterocycles. The molecular weight excluding hydrogens is 227 g/mol. The molecule has 3 aromatic rings. The van der Waals surface area contributed by atoms with Crippen LogP contribution in [0, 0.1) is 0 Å². The van der Waals surface area contributed by atoms with Gasteiger partial charge in [0.25, 0.3) is 0 Å². The van der Waals surface area contributed by atoms with E-state index in [0.717, 1.165) is 16.8 Å². The monoisotopic (exact) mass is 236 g/mol. The van der Waals surface area contributed by atoms with E-state index < -0.39 is 0 Å². The van der Waals surface area contributed by atoms with E-state index in [1.165, 1.54) is 6.33 Å². The van der Waals surface area contributed by atoms with Crippen molar-refractivity contribution in [1.82, 2.24) is 19.9 Å². The van der Waals surface area contributed by atoms with Gasteiger partial charge in [0.2, 0.25) is 0 Å². The molecule has 2 aromatic heterocycles. The van der Waals surface area contributed by atoms with Crippen LogP contribution in [0.4, 0.5) is 0 Å². The Morgan fingerprint density at radius 2 is 1.82 bits per heavy atom. The van der Waals surface area contributed by atoms with Crippen LogP contribution in [0.1, 0.15) is 1.43 Å². The summed E-state index contributed by atoms with van der Waals surface area (Å²) in [5, 5.41) is 9.22. The van der Waals surface area contributed by atoms with Crippen LogP contribution in [0.3, 0.4) is 0 Å². The molecule has 0 spiro atoms. The average Bonchev–Trinajstić information content (AvgIpc) is 2.78. The van der Waals surface area contributed by atoms with Crippen LogP contribution in [0.15, 0.2) is 36.9 Å². The Labute approximate surface area is 121 Å². The molecule has 6 heteroatoms. The van der Waals surface area contributed by atoms with Gasteiger partial charge in [0.15, 0.2) is 5.65 Å². The fraction of sp³-hybridized carbons (Fsp3) is 0. The second kappa shape index (κ2) is 4.83. The summed E-state index contributed by atoms with van der Waals surface area (Å²) in [5.41, 5.74) is 3.13. The van der Waals surface area contributed by atoms with Gasteiger partial charge >= 0.3 is 29.6 Å². The summed E-state index contributed by atoms with van der Waals surface area (Å²) in [4.78, 5) is 15.3. The van der Waals surface area contributed by atoms with E-state index in [1.54, 1.807) is 30.6 Å². The molecule has 0 atom stereocenters. The molecule has 0 amide bonds. The number of fused-ring (bicyclic) bond motifs is 1. The number of aromatic hydroxyl groups is 1. The summed E-state index contributed by atoms with van der Waals surface area (Å²) >= 11 is 0. The first kappa shape index (κ1) is 12.0. The zero-order chi connectivity index (χ0) is 11.0. The third-order valence-corrected chi connectivity index (χ3v) is 2.36. The molecule has 1 aromatic carbocycles. The van der Waals surface area contributed by atoms with E-state index in [9.17, 15) is 5.11 Å². The third-order valence-electron chi connectivity index (χ3n) is 2.36. The molecule has 17 heavy (non-hydrogen) atoms. The third kappa shape index (κ3) is 2.17. The van der Waals surface area contributed by atoms with Gasteiger partial charge in [-0.25, -0.2) is 15.0 Å². The number of hydrogen-bond donors (Lipinski definition) is 2. The van der Waals surface area contributed by atoms with Crippen molar-refractivity contribution in [3.63, 3.8) is 0 Å². The maximum atomic E-state index is 9.22. The zero-order valence-corrected chi connectivity index (χ0v) is 11.3. The molecule has 2 heterocycles. The smallest absolute Gasteiger partial charge is 1.00 e. The van der Waals surface area contributed by atoms with Crippen molar-refractivity contribution in [3.8, 4) is 17.0 Å². The Bertz CT molecular complexity index is 641. The van der Waals surface area contributed by atoms with Crippen molar-refractivity contribution < 1.29 is 36.1 Å². The number of imidazole rings is 1. The maximum absolute atomic E-state index is 9.22. The minimum atomic E-state index is 0. The fourth-order valence-corrected chi connectivity index (χ4v) is 1.60. The van der Waals surface area contributed by atoms with Gasteiger partial charge in [-0.15, -0.1) is 0 Å². The largest absolute Gasteiger partial charge is 1.00 e. The van der Waals surface area contributed by atoms with Gasteiger partial charge in [0, 0.05) is 5.56 Å². The number of rotatable bonds is 1. The summed E-state index contributed by atoms with van der Waals surface area (Å²) in [7, 11) is 0. The number of nitrogens with one attached hydrogen (secondary N) is 1. The Hall–Kier alpha value is -1.43. The predicted octanol–water partition coefficient (Wildman–Crippen LogP) is -1.16. The number of phenolic OH excluding ortho intramolecular Hbond substituents is 1. The second-order valence-corrected chi connectivity index (χ2v) is 3.37. The van der Waals surface area contributed by atoms with Crippen molar-refractivity contribution in [1.29, 1.82) is 0 Å². The van der Waals surface area contributed by atoms with E-state index in [4.69, 9.17) is 0 Å². The van der Waals surface area contributed by atoms with Crippen LogP contribution >= 0.6 is 0 Å². The molecule has 80 valence electrons. The maximum Gasteiger partial charge on any atom is 1.00 e. The minimum absolute atomic E-state index is 0. The first-order valence-corrected chi connectivity index (χ1v) is 4.78. The van der Waals surface area contributed by atoms with Gasteiger partial charge in [0.05, 0.1) is 12.0 Å². The van der Waals surface area contributed by atoms with Gasteiger partial charge in [-0.05, 0) is 24.3 Å².